The van der Waals surface area contributed by atoms with Gasteiger partial charge in [0.05, 0.1) is 5.57 Å². The Balaban J connectivity index is 0.000000162. The summed E-state index contributed by atoms with van der Waals surface area (Å²) < 4.78 is 0. The van der Waals surface area contributed by atoms with E-state index in [4.69, 9.17) is 0 Å². The summed E-state index contributed by atoms with van der Waals surface area (Å²) >= 11 is 0. The third-order valence-electron chi connectivity index (χ3n) is 6.42. The molecule has 6 heteroatoms. The Morgan fingerprint density at radius 3 is 2.45 bits per heavy atom. The number of aldehydes is 1. The average molecular weight is 405 g/mol. The Labute approximate surface area is 174 Å². The summed E-state index contributed by atoms with van der Waals surface area (Å²) in [6, 6.07) is 0. The van der Waals surface area contributed by atoms with Crippen LogP contribution in [0.5, 0.6) is 0 Å². The molecule has 4 rings (SSSR count). The van der Waals surface area contributed by atoms with Gasteiger partial charge in [0.25, 0.3) is 5.91 Å². The van der Waals surface area contributed by atoms with E-state index in [-0.39, 0.29) is 11.5 Å². The minimum absolute atomic E-state index is 0.0807. The van der Waals surface area contributed by atoms with E-state index in [0.717, 1.165) is 37.8 Å². The summed E-state index contributed by atoms with van der Waals surface area (Å²) in [5, 5.41) is 9.77. The molecule has 2 amide bonds. The maximum absolute atomic E-state index is 11.3. The van der Waals surface area contributed by atoms with Gasteiger partial charge < -0.3 is 14.9 Å². The average Bonchev–Trinajstić information content (AvgIpc) is 3.25. The molecule has 0 aromatic rings. The second-order valence-electron chi connectivity index (χ2n) is 8.20. The minimum Gasteiger partial charge on any atom is -0.367 e. The van der Waals surface area contributed by atoms with Gasteiger partial charge in [-0.25, -0.2) is 0 Å². The number of rotatable bonds is 4. The van der Waals surface area contributed by atoms with Gasteiger partial charge in [0.15, 0.2) is 12.0 Å². The summed E-state index contributed by atoms with van der Waals surface area (Å²) in [5.41, 5.74) is -1.08. The van der Waals surface area contributed by atoms with Gasteiger partial charge in [0.2, 0.25) is 6.41 Å². The van der Waals surface area contributed by atoms with Gasteiger partial charge in [-0.2, -0.15) is 0 Å². The molecule has 2 aliphatic carbocycles. The van der Waals surface area contributed by atoms with E-state index in [9.17, 15) is 19.5 Å². The highest BCUT2D eigenvalue weighted by Crippen LogP contribution is 2.36. The van der Waals surface area contributed by atoms with Crippen molar-refractivity contribution in [3.8, 4) is 0 Å². The smallest absolute Gasteiger partial charge is 0.259 e. The molecule has 29 heavy (non-hydrogen) atoms. The molecule has 2 aliphatic heterocycles. The third kappa shape index (κ3) is 6.01. The van der Waals surface area contributed by atoms with Crippen molar-refractivity contribution in [1.82, 2.24) is 9.80 Å². The Kier molecular flexibility index (Phi) is 9.08. The van der Waals surface area contributed by atoms with Crippen LogP contribution in [0, 0.1) is 11.8 Å². The van der Waals surface area contributed by atoms with E-state index in [0.29, 0.717) is 19.3 Å². The van der Waals surface area contributed by atoms with Gasteiger partial charge in [-0.1, -0.05) is 25.0 Å². The van der Waals surface area contributed by atoms with Crippen molar-refractivity contribution in [1.29, 1.82) is 0 Å². The highest BCUT2D eigenvalue weighted by atomic mass is 16.3. The van der Waals surface area contributed by atoms with E-state index in [2.05, 4.69) is 12.2 Å². The lowest BCUT2D eigenvalue weighted by molar-refractivity contribution is -0.137. The molecule has 6 nitrogen and oxygen atoms in total. The van der Waals surface area contributed by atoms with Crippen LogP contribution in [0.4, 0.5) is 0 Å². The Morgan fingerprint density at radius 1 is 1.17 bits per heavy atom. The molecule has 3 atom stereocenters. The predicted octanol–water partition coefficient (Wildman–Crippen LogP) is 3.06. The van der Waals surface area contributed by atoms with E-state index >= 15 is 0 Å². The van der Waals surface area contributed by atoms with Gasteiger partial charge in [0.1, 0.15) is 0 Å². The highest BCUT2D eigenvalue weighted by molar-refractivity contribution is 6.13. The lowest BCUT2D eigenvalue weighted by Crippen LogP contribution is -2.40. The molecule has 4 aliphatic rings. The first-order valence-electron chi connectivity index (χ1n) is 11.1. The van der Waals surface area contributed by atoms with Crippen molar-refractivity contribution >= 4 is 18.6 Å². The molecule has 2 heterocycles. The zero-order chi connectivity index (χ0) is 21.3. The van der Waals surface area contributed by atoms with Gasteiger partial charge in [0, 0.05) is 26.1 Å². The molecule has 1 N–H and O–H groups in total. The summed E-state index contributed by atoms with van der Waals surface area (Å²) in [7, 11) is 0. The molecule has 0 aromatic carbocycles. The fourth-order valence-electron chi connectivity index (χ4n) is 4.61. The van der Waals surface area contributed by atoms with Crippen molar-refractivity contribution in [3.63, 3.8) is 0 Å². The second kappa shape index (κ2) is 11.3. The Hall–Kier alpha value is -1.95. The number of amides is 2. The third-order valence-corrected chi connectivity index (χ3v) is 6.42. The summed E-state index contributed by atoms with van der Waals surface area (Å²) in [6.07, 6.45) is 17.7. The van der Waals surface area contributed by atoms with Crippen LogP contribution in [0.3, 0.4) is 0 Å². The molecular formula is C23H36N2O4. The fourth-order valence-corrected chi connectivity index (χ4v) is 4.61. The second-order valence-corrected chi connectivity index (χ2v) is 8.20. The lowest BCUT2D eigenvalue weighted by Gasteiger charge is -2.31. The summed E-state index contributed by atoms with van der Waals surface area (Å²) in [6.45, 7) is 6.10. The maximum atomic E-state index is 11.3. The van der Waals surface area contributed by atoms with E-state index in [1.807, 2.05) is 13.8 Å². The normalized spacial score (nSPS) is 29.4. The van der Waals surface area contributed by atoms with Crippen LogP contribution < -0.4 is 0 Å². The van der Waals surface area contributed by atoms with Gasteiger partial charge in [-0.3, -0.25) is 14.4 Å². The van der Waals surface area contributed by atoms with E-state index < -0.39 is 5.72 Å². The monoisotopic (exact) mass is 404 g/mol. The van der Waals surface area contributed by atoms with Crippen molar-refractivity contribution in [2.45, 2.75) is 70.9 Å². The molecular weight excluding hydrogens is 368 g/mol. The zero-order valence-electron chi connectivity index (χ0n) is 17.9. The van der Waals surface area contributed by atoms with Crippen molar-refractivity contribution in [2.24, 2.45) is 11.8 Å². The van der Waals surface area contributed by atoms with Gasteiger partial charge in [-0.05, 0) is 63.9 Å². The van der Waals surface area contributed by atoms with Crippen LogP contribution in [-0.2, 0) is 14.4 Å². The number of allylic oxidation sites excluding steroid dienone is 2. The largest absolute Gasteiger partial charge is 0.367 e. The van der Waals surface area contributed by atoms with Gasteiger partial charge >= 0.3 is 0 Å². The molecule has 0 spiro atoms. The fraction of sp³-hybridized carbons (Fsp3) is 0.696. The zero-order valence-corrected chi connectivity index (χ0v) is 17.9. The number of fused-ring (bicyclic) bond motifs is 2. The quantitative estimate of drug-likeness (QED) is 0.444. The SMILES string of the molecule is C1=C[C@H]2CCCCC2CC1.CCN(C=O)CC.O=CC1=CC2(O)CCCN2C1=O. The lowest BCUT2D eigenvalue weighted by atomic mass is 9.74. The molecule has 0 radical (unpaired) electrons. The molecule has 0 aromatic heterocycles. The molecule has 1 saturated carbocycles. The Bertz CT molecular complexity index is 626. The van der Waals surface area contributed by atoms with Crippen LogP contribution >= 0.6 is 0 Å². The van der Waals surface area contributed by atoms with Crippen molar-refractivity contribution in [2.75, 3.05) is 19.6 Å². The molecule has 1 saturated heterocycles. The van der Waals surface area contributed by atoms with Crippen LogP contribution in [0.15, 0.2) is 23.8 Å². The topological polar surface area (TPSA) is 77.9 Å². The van der Waals surface area contributed by atoms with Crippen LogP contribution in [0.25, 0.3) is 0 Å². The van der Waals surface area contributed by atoms with Crippen LogP contribution in [-0.4, -0.2) is 58.9 Å². The molecule has 0 bridgehead atoms. The molecule has 2 fully saturated rings. The predicted molar refractivity (Wildman–Crippen MR) is 113 cm³/mol. The summed E-state index contributed by atoms with van der Waals surface area (Å²) in [4.78, 5) is 34.6. The minimum atomic E-state index is -1.16. The van der Waals surface area contributed by atoms with Gasteiger partial charge in [-0.15, -0.1) is 0 Å². The maximum Gasteiger partial charge on any atom is 0.259 e. The summed E-state index contributed by atoms with van der Waals surface area (Å²) in [5.74, 6) is 1.70. The molecule has 162 valence electrons. The highest BCUT2D eigenvalue weighted by Gasteiger charge is 2.46. The van der Waals surface area contributed by atoms with Crippen LogP contribution in [0.1, 0.15) is 65.2 Å². The first-order valence-corrected chi connectivity index (χ1v) is 11.1. The Morgan fingerprint density at radius 2 is 1.90 bits per heavy atom. The van der Waals surface area contributed by atoms with Crippen LogP contribution in [0.2, 0.25) is 0 Å². The first kappa shape index (κ1) is 23.3. The molecule has 2 unspecified atom stereocenters. The van der Waals surface area contributed by atoms with E-state index in [1.165, 1.54) is 49.5 Å². The number of aliphatic hydroxyl groups is 1. The number of hydrogen-bond donors (Lipinski definition) is 1. The number of hydrogen-bond acceptors (Lipinski definition) is 4. The number of nitrogens with zero attached hydrogens (tertiary/aromatic N) is 2. The first-order chi connectivity index (χ1) is 14.0. The van der Waals surface area contributed by atoms with Crippen molar-refractivity contribution < 1.29 is 19.5 Å². The standard InChI is InChI=1S/C10H16.C8H9NO3.C5H11NO/c1-2-6-10-8-4-3-7-9(10)5-1;10-5-6-4-8(12)2-1-3-9(8)7(6)11;1-3-6(4-2)5-7/h1,5,9-10H,2-4,6-8H2;4-5,12H,1-3H2;5H,3-4H2,1-2H3/t9-,10?;;/m0../s1. The number of carbonyl (C=O) groups is 3. The number of carbonyl (C=O) groups excluding carboxylic acids is 3. The van der Waals surface area contributed by atoms with E-state index in [1.54, 1.807) is 4.90 Å². The van der Waals surface area contributed by atoms with Crippen molar-refractivity contribution in [3.05, 3.63) is 23.8 Å².